The molecule has 1 N–H and O–H groups in total. The number of hydrogen-bond acceptors (Lipinski definition) is 4. The van der Waals surface area contributed by atoms with Crippen molar-refractivity contribution in [3.05, 3.63) is 83.0 Å². The smallest absolute Gasteiger partial charge is 0.251 e. The summed E-state index contributed by atoms with van der Waals surface area (Å²) in [5.41, 5.74) is 4.05. The first-order valence-corrected chi connectivity index (χ1v) is 10.1. The first kappa shape index (κ1) is 19.9. The minimum atomic E-state index is -0.105. The number of rotatable bonds is 7. The Morgan fingerprint density at radius 3 is 2.83 bits per heavy atom. The molecule has 0 radical (unpaired) electrons. The Labute approximate surface area is 179 Å². The fourth-order valence-electron chi connectivity index (χ4n) is 3.18. The van der Waals surface area contributed by atoms with Crippen LogP contribution >= 0.6 is 11.6 Å². The van der Waals surface area contributed by atoms with Crippen LogP contribution in [-0.2, 0) is 6.42 Å². The Kier molecular flexibility index (Phi) is 5.95. The van der Waals surface area contributed by atoms with E-state index in [-0.39, 0.29) is 5.91 Å². The highest BCUT2D eigenvalue weighted by Crippen LogP contribution is 2.22. The van der Waals surface area contributed by atoms with Gasteiger partial charge in [0.2, 0.25) is 5.88 Å². The van der Waals surface area contributed by atoms with E-state index in [1.54, 1.807) is 22.8 Å². The lowest BCUT2D eigenvalue weighted by Gasteiger charge is -2.08. The summed E-state index contributed by atoms with van der Waals surface area (Å²) in [6.45, 7) is 2.95. The molecule has 30 heavy (non-hydrogen) atoms. The largest absolute Gasteiger partial charge is 0.476 e. The maximum atomic E-state index is 12.2. The zero-order valence-corrected chi connectivity index (χ0v) is 17.3. The third kappa shape index (κ3) is 4.44. The number of imidazole rings is 1. The van der Waals surface area contributed by atoms with Gasteiger partial charge in [0.25, 0.3) is 5.91 Å². The molecular weight excluding hydrogens is 400 g/mol. The molecule has 4 rings (SSSR count). The predicted octanol–water partition coefficient (Wildman–Crippen LogP) is 4.42. The SMILES string of the molecule is CCNC(=O)c1cccc(-c2cnc3ccc(OCCc4cccc(Cl)c4)nn23)c1. The third-order valence-electron chi connectivity index (χ3n) is 4.63. The molecule has 0 aliphatic heterocycles. The molecule has 0 saturated carbocycles. The molecule has 4 aromatic rings. The molecule has 0 spiro atoms. The van der Waals surface area contributed by atoms with Gasteiger partial charge < -0.3 is 10.1 Å². The van der Waals surface area contributed by atoms with E-state index in [0.29, 0.717) is 35.3 Å². The maximum absolute atomic E-state index is 12.2. The highest BCUT2D eigenvalue weighted by atomic mass is 35.5. The average Bonchev–Trinajstić information content (AvgIpc) is 3.17. The van der Waals surface area contributed by atoms with E-state index < -0.39 is 0 Å². The lowest BCUT2D eigenvalue weighted by atomic mass is 10.1. The molecule has 7 heteroatoms. The van der Waals surface area contributed by atoms with E-state index >= 15 is 0 Å². The van der Waals surface area contributed by atoms with Crippen molar-refractivity contribution in [2.45, 2.75) is 13.3 Å². The number of benzene rings is 2. The van der Waals surface area contributed by atoms with Crippen molar-refractivity contribution in [3.8, 4) is 17.1 Å². The summed E-state index contributed by atoms with van der Waals surface area (Å²) in [4.78, 5) is 16.6. The third-order valence-corrected chi connectivity index (χ3v) is 4.86. The molecule has 152 valence electrons. The highest BCUT2D eigenvalue weighted by Gasteiger charge is 2.11. The lowest BCUT2D eigenvalue weighted by molar-refractivity contribution is 0.0956. The molecule has 0 bridgehead atoms. The first-order valence-electron chi connectivity index (χ1n) is 9.74. The van der Waals surface area contributed by atoms with Gasteiger partial charge in [-0.2, -0.15) is 0 Å². The van der Waals surface area contributed by atoms with Crippen LogP contribution in [-0.4, -0.2) is 33.7 Å². The molecule has 2 heterocycles. The van der Waals surface area contributed by atoms with Gasteiger partial charge in [0.15, 0.2) is 5.65 Å². The van der Waals surface area contributed by atoms with E-state index in [9.17, 15) is 4.79 Å². The minimum absolute atomic E-state index is 0.105. The molecule has 0 aliphatic carbocycles. The van der Waals surface area contributed by atoms with Crippen molar-refractivity contribution in [2.75, 3.05) is 13.2 Å². The number of nitrogens with zero attached hydrogens (tertiary/aromatic N) is 3. The summed E-state index contributed by atoms with van der Waals surface area (Å²) in [5, 5.41) is 8.10. The molecule has 2 aromatic heterocycles. The summed E-state index contributed by atoms with van der Waals surface area (Å²) in [7, 11) is 0. The number of aromatic nitrogens is 3. The van der Waals surface area contributed by atoms with Crippen LogP contribution in [0.25, 0.3) is 16.9 Å². The number of hydrogen-bond donors (Lipinski definition) is 1. The Hall–Kier alpha value is -3.38. The lowest BCUT2D eigenvalue weighted by Crippen LogP contribution is -2.22. The summed E-state index contributed by atoms with van der Waals surface area (Å²) in [5.74, 6) is 0.398. The summed E-state index contributed by atoms with van der Waals surface area (Å²) < 4.78 is 7.57. The normalized spacial score (nSPS) is 10.9. The number of ether oxygens (including phenoxy) is 1. The molecule has 0 saturated heterocycles. The molecule has 0 fully saturated rings. The molecule has 0 unspecified atom stereocenters. The zero-order valence-electron chi connectivity index (χ0n) is 16.5. The number of halogens is 1. The van der Waals surface area contributed by atoms with Crippen LogP contribution in [0, 0.1) is 0 Å². The molecule has 1 amide bonds. The number of fused-ring (bicyclic) bond motifs is 1. The molecular formula is C23H21ClN4O2. The van der Waals surface area contributed by atoms with Gasteiger partial charge in [-0.15, -0.1) is 5.10 Å². The van der Waals surface area contributed by atoms with E-state index in [2.05, 4.69) is 15.4 Å². The van der Waals surface area contributed by atoms with Crippen molar-refractivity contribution in [1.82, 2.24) is 19.9 Å². The van der Waals surface area contributed by atoms with Gasteiger partial charge in [0, 0.05) is 35.2 Å². The van der Waals surface area contributed by atoms with Crippen molar-refractivity contribution in [3.63, 3.8) is 0 Å². The van der Waals surface area contributed by atoms with Crippen LogP contribution < -0.4 is 10.1 Å². The second-order valence-electron chi connectivity index (χ2n) is 6.75. The van der Waals surface area contributed by atoms with Crippen molar-refractivity contribution >= 4 is 23.2 Å². The van der Waals surface area contributed by atoms with E-state index in [1.165, 1.54) is 0 Å². The van der Waals surface area contributed by atoms with Gasteiger partial charge in [0.1, 0.15) is 0 Å². The van der Waals surface area contributed by atoms with Gasteiger partial charge in [-0.05, 0) is 42.8 Å². The molecule has 0 aliphatic rings. The molecule has 0 atom stereocenters. The van der Waals surface area contributed by atoms with E-state index in [4.69, 9.17) is 16.3 Å². The van der Waals surface area contributed by atoms with Crippen LogP contribution in [0.5, 0.6) is 5.88 Å². The van der Waals surface area contributed by atoms with Crippen LogP contribution in [0.3, 0.4) is 0 Å². The Morgan fingerprint density at radius 1 is 1.13 bits per heavy atom. The van der Waals surface area contributed by atoms with Crippen LogP contribution in [0.4, 0.5) is 0 Å². The molecule has 6 nitrogen and oxygen atoms in total. The predicted molar refractivity (Wildman–Crippen MR) is 117 cm³/mol. The summed E-state index contributed by atoms with van der Waals surface area (Å²) >= 11 is 6.03. The van der Waals surface area contributed by atoms with Crippen LogP contribution in [0.2, 0.25) is 5.02 Å². The number of amides is 1. The monoisotopic (exact) mass is 420 g/mol. The van der Waals surface area contributed by atoms with Gasteiger partial charge >= 0.3 is 0 Å². The molecule has 2 aromatic carbocycles. The Balaban J connectivity index is 1.54. The van der Waals surface area contributed by atoms with Gasteiger partial charge in [-0.3, -0.25) is 4.79 Å². The van der Waals surface area contributed by atoms with Crippen LogP contribution in [0.1, 0.15) is 22.8 Å². The number of carbonyl (C=O) groups excluding carboxylic acids is 1. The second kappa shape index (κ2) is 8.97. The Morgan fingerprint density at radius 2 is 2.00 bits per heavy atom. The fourth-order valence-corrected chi connectivity index (χ4v) is 3.39. The Bertz CT molecular complexity index is 1190. The van der Waals surface area contributed by atoms with Crippen molar-refractivity contribution in [1.29, 1.82) is 0 Å². The first-order chi connectivity index (χ1) is 14.6. The number of nitrogens with one attached hydrogen (secondary N) is 1. The van der Waals surface area contributed by atoms with E-state index in [0.717, 1.165) is 23.2 Å². The van der Waals surface area contributed by atoms with Gasteiger partial charge in [-0.25, -0.2) is 9.50 Å². The van der Waals surface area contributed by atoms with Crippen LogP contribution in [0.15, 0.2) is 66.9 Å². The van der Waals surface area contributed by atoms with Gasteiger partial charge in [0.05, 0.1) is 18.5 Å². The zero-order chi connectivity index (χ0) is 20.9. The fraction of sp³-hybridized carbons (Fsp3) is 0.174. The minimum Gasteiger partial charge on any atom is -0.476 e. The summed E-state index contributed by atoms with van der Waals surface area (Å²) in [6.07, 6.45) is 2.47. The van der Waals surface area contributed by atoms with E-state index in [1.807, 2.05) is 55.5 Å². The quantitative estimate of drug-likeness (QED) is 0.480. The topological polar surface area (TPSA) is 68.5 Å². The average molecular weight is 421 g/mol. The van der Waals surface area contributed by atoms with Gasteiger partial charge in [-0.1, -0.05) is 35.9 Å². The standard InChI is InChI=1S/C23H21ClN4O2/c1-2-25-23(29)18-7-4-6-17(14-18)20-15-26-21-9-10-22(27-28(20)21)30-12-11-16-5-3-8-19(24)13-16/h3-10,13-15H,2,11-12H2,1H3,(H,25,29). The highest BCUT2D eigenvalue weighted by molar-refractivity contribution is 6.30. The summed E-state index contributed by atoms with van der Waals surface area (Å²) in [6, 6.07) is 18.8. The number of carbonyl (C=O) groups is 1. The van der Waals surface area contributed by atoms with Crippen molar-refractivity contribution < 1.29 is 9.53 Å². The second-order valence-corrected chi connectivity index (χ2v) is 7.19. The maximum Gasteiger partial charge on any atom is 0.251 e. The van der Waals surface area contributed by atoms with Crippen molar-refractivity contribution in [2.24, 2.45) is 0 Å².